The van der Waals surface area contributed by atoms with E-state index in [2.05, 4.69) is 34.6 Å². The summed E-state index contributed by atoms with van der Waals surface area (Å²) in [4.78, 5) is 4.35. The Morgan fingerprint density at radius 1 is 1.11 bits per heavy atom. The van der Waals surface area contributed by atoms with Crippen LogP contribution in [0.25, 0.3) is 10.9 Å². The third-order valence-electron chi connectivity index (χ3n) is 3.87. The smallest absolute Gasteiger partial charge is 0.0702 e. The Hall–Kier alpha value is -1.41. The van der Waals surface area contributed by atoms with E-state index >= 15 is 0 Å². The monoisotopic (exact) mass is 240 g/mol. The van der Waals surface area contributed by atoms with Crippen molar-refractivity contribution in [3.8, 4) is 0 Å². The molecule has 0 saturated heterocycles. The number of nitrogens with zero attached hydrogens (tertiary/aromatic N) is 1. The van der Waals surface area contributed by atoms with E-state index in [1.165, 1.54) is 43.1 Å². The molecule has 1 fully saturated rings. The summed E-state index contributed by atoms with van der Waals surface area (Å²) in [5, 5.41) is 4.92. The molecule has 1 aromatic carbocycles. The van der Waals surface area contributed by atoms with Gasteiger partial charge in [-0.2, -0.15) is 0 Å². The molecule has 0 aliphatic heterocycles. The molecule has 0 unspecified atom stereocenters. The lowest BCUT2D eigenvalue weighted by atomic mass is 9.95. The minimum absolute atomic E-state index is 0.725. The maximum Gasteiger partial charge on any atom is 0.0702 e. The first-order valence-electron chi connectivity index (χ1n) is 6.99. The van der Waals surface area contributed by atoms with Crippen LogP contribution >= 0.6 is 0 Å². The van der Waals surface area contributed by atoms with E-state index in [1.807, 2.05) is 12.3 Å². The number of hydrogen-bond donors (Lipinski definition) is 1. The first-order valence-corrected chi connectivity index (χ1v) is 6.99. The van der Waals surface area contributed by atoms with Crippen LogP contribution in [-0.2, 0) is 6.54 Å². The van der Waals surface area contributed by atoms with Crippen molar-refractivity contribution in [2.45, 2.75) is 44.7 Å². The van der Waals surface area contributed by atoms with Crippen LogP contribution in [0.2, 0.25) is 0 Å². The Labute approximate surface area is 108 Å². The number of benzene rings is 1. The molecule has 1 N–H and O–H groups in total. The van der Waals surface area contributed by atoms with Crippen molar-refractivity contribution in [1.29, 1.82) is 0 Å². The first-order chi connectivity index (χ1) is 8.92. The maximum absolute atomic E-state index is 4.35. The molecule has 0 amide bonds. The average molecular weight is 240 g/mol. The van der Waals surface area contributed by atoms with Crippen LogP contribution < -0.4 is 5.32 Å². The van der Waals surface area contributed by atoms with Crippen molar-refractivity contribution in [3.63, 3.8) is 0 Å². The number of fused-ring (bicyclic) bond motifs is 1. The summed E-state index contributed by atoms with van der Waals surface area (Å²) in [6.45, 7) is 0.982. The fourth-order valence-corrected chi connectivity index (χ4v) is 2.80. The second-order valence-electron chi connectivity index (χ2n) is 5.25. The number of rotatable bonds is 3. The molecule has 1 aliphatic carbocycles. The van der Waals surface area contributed by atoms with E-state index in [0.717, 1.165) is 18.1 Å². The molecule has 0 atom stereocenters. The number of hydrogen-bond acceptors (Lipinski definition) is 2. The van der Waals surface area contributed by atoms with Gasteiger partial charge in [-0.3, -0.25) is 4.98 Å². The molecule has 18 heavy (non-hydrogen) atoms. The number of nitrogens with one attached hydrogen (secondary N) is 1. The molecule has 2 heteroatoms. The Bertz CT molecular complexity index is 515. The van der Waals surface area contributed by atoms with E-state index in [0.29, 0.717) is 0 Å². The quantitative estimate of drug-likeness (QED) is 0.885. The van der Waals surface area contributed by atoms with E-state index in [4.69, 9.17) is 0 Å². The summed E-state index contributed by atoms with van der Waals surface area (Å²) < 4.78 is 0. The summed E-state index contributed by atoms with van der Waals surface area (Å²) in [7, 11) is 0. The van der Waals surface area contributed by atoms with Crippen molar-refractivity contribution in [2.75, 3.05) is 0 Å². The Morgan fingerprint density at radius 2 is 2.00 bits per heavy atom. The molecule has 0 spiro atoms. The predicted molar refractivity (Wildman–Crippen MR) is 75.5 cm³/mol. The largest absolute Gasteiger partial charge is 0.310 e. The third-order valence-corrected chi connectivity index (χ3v) is 3.87. The molecular formula is C16H20N2. The second-order valence-corrected chi connectivity index (χ2v) is 5.25. The molecule has 0 bridgehead atoms. The summed E-state index contributed by atoms with van der Waals surface area (Å²) in [6, 6.07) is 11.4. The van der Waals surface area contributed by atoms with Gasteiger partial charge in [0.1, 0.15) is 0 Å². The van der Waals surface area contributed by atoms with Crippen LogP contribution in [0.3, 0.4) is 0 Å². The molecular weight excluding hydrogens is 220 g/mol. The highest BCUT2D eigenvalue weighted by atomic mass is 14.9. The van der Waals surface area contributed by atoms with Crippen molar-refractivity contribution >= 4 is 10.9 Å². The summed E-state index contributed by atoms with van der Waals surface area (Å²) in [6.07, 6.45) is 8.73. The van der Waals surface area contributed by atoms with Crippen LogP contribution in [0.5, 0.6) is 0 Å². The van der Waals surface area contributed by atoms with Gasteiger partial charge in [0.25, 0.3) is 0 Å². The van der Waals surface area contributed by atoms with E-state index in [1.54, 1.807) is 0 Å². The van der Waals surface area contributed by atoms with Gasteiger partial charge in [0, 0.05) is 24.2 Å². The highest BCUT2D eigenvalue weighted by Crippen LogP contribution is 2.18. The fourth-order valence-electron chi connectivity index (χ4n) is 2.80. The van der Waals surface area contributed by atoms with E-state index < -0.39 is 0 Å². The molecule has 2 aromatic rings. The standard InChI is InChI=1S/C16H20N2/c1-2-6-15(7-3-1)18-12-13-8-9-16-14(11-13)5-4-10-17-16/h4-5,8-11,15,18H,1-3,6-7,12H2. The molecule has 2 nitrogen and oxygen atoms in total. The van der Waals surface area contributed by atoms with E-state index in [-0.39, 0.29) is 0 Å². The molecule has 1 aromatic heterocycles. The summed E-state index contributed by atoms with van der Waals surface area (Å²) in [5.41, 5.74) is 2.44. The van der Waals surface area contributed by atoms with Gasteiger partial charge in [0.05, 0.1) is 5.52 Å². The summed E-state index contributed by atoms with van der Waals surface area (Å²) in [5.74, 6) is 0. The maximum atomic E-state index is 4.35. The third kappa shape index (κ3) is 2.70. The van der Waals surface area contributed by atoms with Crippen molar-refractivity contribution in [1.82, 2.24) is 10.3 Å². The Kier molecular flexibility index (Phi) is 3.56. The van der Waals surface area contributed by atoms with Gasteiger partial charge in [-0.15, -0.1) is 0 Å². The van der Waals surface area contributed by atoms with Crippen LogP contribution in [0, 0.1) is 0 Å². The molecule has 94 valence electrons. The molecule has 0 radical (unpaired) electrons. The second kappa shape index (κ2) is 5.49. The van der Waals surface area contributed by atoms with Gasteiger partial charge >= 0.3 is 0 Å². The van der Waals surface area contributed by atoms with E-state index in [9.17, 15) is 0 Å². The zero-order chi connectivity index (χ0) is 12.2. The van der Waals surface area contributed by atoms with Gasteiger partial charge in [-0.05, 0) is 36.6 Å². The Balaban J connectivity index is 1.66. The fraction of sp³-hybridized carbons (Fsp3) is 0.438. The van der Waals surface area contributed by atoms with Crippen LogP contribution in [0.1, 0.15) is 37.7 Å². The molecule has 1 saturated carbocycles. The van der Waals surface area contributed by atoms with Crippen molar-refractivity contribution in [2.24, 2.45) is 0 Å². The number of pyridine rings is 1. The minimum Gasteiger partial charge on any atom is -0.310 e. The van der Waals surface area contributed by atoms with Crippen molar-refractivity contribution in [3.05, 3.63) is 42.1 Å². The van der Waals surface area contributed by atoms with Gasteiger partial charge in [-0.25, -0.2) is 0 Å². The van der Waals surface area contributed by atoms with Crippen molar-refractivity contribution < 1.29 is 0 Å². The topological polar surface area (TPSA) is 24.9 Å². The van der Waals surface area contributed by atoms with Crippen LogP contribution in [0.4, 0.5) is 0 Å². The SMILES string of the molecule is c1cnc2ccc(CNC3CCCCC3)cc2c1. The zero-order valence-corrected chi connectivity index (χ0v) is 10.7. The lowest BCUT2D eigenvalue weighted by molar-refractivity contribution is 0.372. The van der Waals surface area contributed by atoms with Gasteiger partial charge < -0.3 is 5.32 Å². The van der Waals surface area contributed by atoms with Gasteiger partial charge in [0.2, 0.25) is 0 Å². The van der Waals surface area contributed by atoms with Crippen LogP contribution in [-0.4, -0.2) is 11.0 Å². The molecule has 1 aliphatic rings. The highest BCUT2D eigenvalue weighted by Gasteiger charge is 2.12. The molecule has 1 heterocycles. The molecule has 3 rings (SSSR count). The Morgan fingerprint density at radius 3 is 2.89 bits per heavy atom. The highest BCUT2D eigenvalue weighted by molar-refractivity contribution is 5.78. The lowest BCUT2D eigenvalue weighted by Gasteiger charge is -2.22. The number of aromatic nitrogens is 1. The zero-order valence-electron chi connectivity index (χ0n) is 10.7. The first kappa shape index (κ1) is 11.7. The normalized spacial score (nSPS) is 17.1. The van der Waals surface area contributed by atoms with Gasteiger partial charge in [0.15, 0.2) is 0 Å². The predicted octanol–water partition coefficient (Wildman–Crippen LogP) is 3.66. The average Bonchev–Trinajstić information content (AvgIpc) is 2.46. The summed E-state index contributed by atoms with van der Waals surface area (Å²) >= 11 is 0. The lowest BCUT2D eigenvalue weighted by Crippen LogP contribution is -2.30. The minimum atomic E-state index is 0.725. The van der Waals surface area contributed by atoms with Crippen LogP contribution in [0.15, 0.2) is 36.5 Å². The van der Waals surface area contributed by atoms with Gasteiger partial charge in [-0.1, -0.05) is 31.4 Å².